The number of aromatic nitrogens is 2. The second-order valence-electron chi connectivity index (χ2n) is 8.67. The molecule has 210 valence electrons. The van der Waals surface area contributed by atoms with Crippen molar-refractivity contribution in [1.29, 1.82) is 0 Å². The lowest BCUT2D eigenvalue weighted by atomic mass is 10.1. The Balaban J connectivity index is 1.82. The molecule has 2 aliphatic rings. The highest BCUT2D eigenvalue weighted by atomic mass is 31.2. The van der Waals surface area contributed by atoms with Crippen LogP contribution in [0, 0.1) is 0 Å². The third-order valence-electron chi connectivity index (χ3n) is 6.12. The summed E-state index contributed by atoms with van der Waals surface area (Å²) in [5.74, 6) is -0.341. The van der Waals surface area contributed by atoms with Crippen molar-refractivity contribution >= 4 is 21.2 Å². The molecule has 0 aliphatic carbocycles. The lowest BCUT2D eigenvalue weighted by Crippen LogP contribution is -2.39. The highest BCUT2D eigenvalue weighted by molar-refractivity contribution is 7.53. The van der Waals surface area contributed by atoms with Crippen LogP contribution in [-0.4, -0.2) is 80.9 Å². The zero-order valence-electron chi connectivity index (χ0n) is 20.6. The van der Waals surface area contributed by atoms with Crippen molar-refractivity contribution in [3.63, 3.8) is 0 Å². The molecule has 0 saturated carbocycles. The van der Waals surface area contributed by atoms with Crippen LogP contribution in [0.3, 0.4) is 0 Å². The van der Waals surface area contributed by atoms with E-state index >= 15 is 0 Å². The molecule has 17 heteroatoms. The molecule has 2 unspecified atom stereocenters. The number of nitrogen functional groups attached to an aromatic ring is 1. The summed E-state index contributed by atoms with van der Waals surface area (Å²) in [7, 11) is -7.76. The Hall–Kier alpha value is -1.64. The quantitative estimate of drug-likeness (QED) is 0.204. The smallest absolute Gasteiger partial charge is 0.406 e. The van der Waals surface area contributed by atoms with Gasteiger partial charge in [-0.2, -0.15) is 4.98 Å². The minimum atomic E-state index is -4.81. The number of ether oxygens (including phenoxy) is 3. The average Bonchev–Trinajstić information content (AvgIpc) is 3.39. The van der Waals surface area contributed by atoms with Gasteiger partial charge < -0.3 is 34.5 Å². The van der Waals surface area contributed by atoms with Crippen molar-refractivity contribution in [2.45, 2.75) is 69.1 Å². The molecule has 1 aromatic rings. The van der Waals surface area contributed by atoms with Crippen molar-refractivity contribution in [2.24, 2.45) is 0 Å². The summed E-state index contributed by atoms with van der Waals surface area (Å²) in [6.07, 6.45) is -4.97. The molecule has 0 spiro atoms. The molecule has 5 N–H and O–H groups in total. The number of methoxy groups -OCH3 is 1. The van der Waals surface area contributed by atoms with E-state index in [0.29, 0.717) is 12.8 Å². The second-order valence-corrected chi connectivity index (χ2v) is 12.3. The molecule has 1 aromatic heterocycles. The van der Waals surface area contributed by atoms with Gasteiger partial charge in [0.1, 0.15) is 36.0 Å². The second kappa shape index (κ2) is 12.0. The first-order valence-electron chi connectivity index (χ1n) is 11.5. The molecule has 15 nitrogen and oxygen atoms in total. The van der Waals surface area contributed by atoms with Crippen LogP contribution in [-0.2, 0) is 36.9 Å². The molecule has 37 heavy (non-hydrogen) atoms. The van der Waals surface area contributed by atoms with Gasteiger partial charge >= 0.3 is 21.1 Å². The average molecular weight is 569 g/mol. The lowest BCUT2D eigenvalue weighted by molar-refractivity contribution is -0.0625. The SMILES string of the molecule is C=C(OP(=O)(O)OC[C@H]1O[C@@H](n2ccc(N)nc2=O)[C@H](OC)[C@@H]1OP(=O)(O)[C@@H](C)CC)[C@H]1OCC[C@@H]1O. The van der Waals surface area contributed by atoms with E-state index in [-0.39, 0.29) is 18.2 Å². The van der Waals surface area contributed by atoms with Crippen LogP contribution in [0.5, 0.6) is 0 Å². The zero-order valence-corrected chi connectivity index (χ0v) is 22.4. The van der Waals surface area contributed by atoms with E-state index < -0.39 is 70.1 Å². The van der Waals surface area contributed by atoms with Gasteiger partial charge in [-0.3, -0.25) is 23.1 Å². The van der Waals surface area contributed by atoms with Crippen LogP contribution in [0.1, 0.15) is 32.9 Å². The predicted octanol–water partition coefficient (Wildman–Crippen LogP) is 0.904. The predicted molar refractivity (Wildman–Crippen MR) is 128 cm³/mol. The number of rotatable bonds is 12. The molecule has 2 aliphatic heterocycles. The Morgan fingerprint density at radius 3 is 2.65 bits per heavy atom. The van der Waals surface area contributed by atoms with Gasteiger partial charge in [-0.1, -0.05) is 20.4 Å². The van der Waals surface area contributed by atoms with Gasteiger partial charge in [0, 0.05) is 13.3 Å². The number of aliphatic hydroxyl groups excluding tert-OH is 1. The van der Waals surface area contributed by atoms with Gasteiger partial charge in [0.25, 0.3) is 0 Å². The summed E-state index contributed by atoms with van der Waals surface area (Å²) in [4.78, 5) is 36.8. The Morgan fingerprint density at radius 2 is 2.08 bits per heavy atom. The van der Waals surface area contributed by atoms with Crippen molar-refractivity contribution < 1.29 is 51.8 Å². The third kappa shape index (κ3) is 7.07. The van der Waals surface area contributed by atoms with Crippen molar-refractivity contribution in [1.82, 2.24) is 9.55 Å². The molecule has 0 bridgehead atoms. The van der Waals surface area contributed by atoms with Gasteiger partial charge in [0.05, 0.1) is 25.0 Å². The van der Waals surface area contributed by atoms with E-state index in [1.54, 1.807) is 6.92 Å². The summed E-state index contributed by atoms with van der Waals surface area (Å²) < 4.78 is 58.7. The number of hydrogen-bond acceptors (Lipinski definition) is 12. The van der Waals surface area contributed by atoms with Crippen molar-refractivity contribution in [3.05, 3.63) is 35.1 Å². The molecule has 2 fully saturated rings. The minimum Gasteiger partial charge on any atom is -0.406 e. The van der Waals surface area contributed by atoms with E-state index in [1.807, 2.05) is 0 Å². The van der Waals surface area contributed by atoms with Crippen LogP contribution in [0.2, 0.25) is 0 Å². The third-order valence-corrected chi connectivity index (χ3v) is 9.08. The molecule has 2 saturated heterocycles. The van der Waals surface area contributed by atoms with E-state index in [2.05, 4.69) is 11.6 Å². The van der Waals surface area contributed by atoms with Gasteiger partial charge in [-0.15, -0.1) is 0 Å². The molecule has 3 rings (SSSR count). The van der Waals surface area contributed by atoms with Crippen LogP contribution < -0.4 is 11.4 Å². The number of hydrogen-bond donors (Lipinski definition) is 4. The summed E-state index contributed by atoms with van der Waals surface area (Å²) in [6.45, 7) is 6.29. The number of nitrogens with two attached hydrogens (primary N) is 1. The maximum atomic E-state index is 12.9. The molecule has 3 heterocycles. The van der Waals surface area contributed by atoms with E-state index in [4.69, 9.17) is 33.5 Å². The number of phosphoric ester groups is 1. The summed E-state index contributed by atoms with van der Waals surface area (Å²) in [5, 5.41) is 9.88. The molecule has 0 radical (unpaired) electrons. The van der Waals surface area contributed by atoms with Gasteiger partial charge in [-0.25, -0.2) is 9.36 Å². The fourth-order valence-electron chi connectivity index (χ4n) is 3.85. The highest BCUT2D eigenvalue weighted by Gasteiger charge is 2.51. The lowest BCUT2D eigenvalue weighted by Gasteiger charge is -2.28. The van der Waals surface area contributed by atoms with E-state index in [1.165, 1.54) is 26.3 Å². The van der Waals surface area contributed by atoms with Gasteiger partial charge in [0.2, 0.25) is 0 Å². The monoisotopic (exact) mass is 569 g/mol. The maximum Gasteiger partial charge on any atom is 0.527 e. The number of phosphoric acid groups is 1. The molecule has 0 amide bonds. The van der Waals surface area contributed by atoms with Crippen molar-refractivity contribution in [3.8, 4) is 0 Å². The first-order valence-corrected chi connectivity index (χ1v) is 14.6. The fourth-order valence-corrected chi connectivity index (χ4v) is 5.91. The van der Waals surface area contributed by atoms with Crippen molar-refractivity contribution in [2.75, 3.05) is 26.1 Å². The Labute approximate surface area is 213 Å². The number of nitrogens with zero attached hydrogens (tertiary/aromatic N) is 2. The Kier molecular flexibility index (Phi) is 9.73. The summed E-state index contributed by atoms with van der Waals surface area (Å²) >= 11 is 0. The van der Waals surface area contributed by atoms with Crippen LogP contribution >= 0.6 is 15.4 Å². The maximum absolute atomic E-state index is 12.9. The van der Waals surface area contributed by atoms with Gasteiger partial charge in [0.15, 0.2) is 6.23 Å². The standard InChI is InChI=1S/C20H33N3O12P2/c1-5-11(2)36(26,27)35-17-14(10-32-37(28,29)34-12(3)16-13(24)7-9-31-16)33-19(18(17)30-4)23-8-6-15(21)22-20(23)25/h6,8,11,13-14,16-19,24H,3,5,7,9-10H2,1-2,4H3,(H,26,27)(H,28,29)(H2,21,22,25)/t11-,13-,14+,16+,17+,18+,19+/m0/s1. The normalized spacial score (nSPS) is 31.9. The first kappa shape index (κ1) is 29.9. The van der Waals surface area contributed by atoms with Crippen LogP contribution in [0.25, 0.3) is 0 Å². The van der Waals surface area contributed by atoms with E-state index in [9.17, 15) is 28.8 Å². The summed E-state index contributed by atoms with van der Waals surface area (Å²) in [6, 6.07) is 1.34. The van der Waals surface area contributed by atoms with Crippen LogP contribution in [0.15, 0.2) is 29.4 Å². The highest BCUT2D eigenvalue weighted by Crippen LogP contribution is 2.53. The Bertz CT molecular complexity index is 1120. The molecular weight excluding hydrogens is 536 g/mol. The molecule has 9 atom stereocenters. The number of anilines is 1. The minimum absolute atomic E-state index is 0.0347. The molecule has 0 aromatic carbocycles. The van der Waals surface area contributed by atoms with E-state index in [0.717, 1.165) is 4.57 Å². The Morgan fingerprint density at radius 1 is 1.38 bits per heavy atom. The fraction of sp³-hybridized carbons (Fsp3) is 0.700. The largest absolute Gasteiger partial charge is 0.527 e. The zero-order chi connectivity index (χ0) is 27.5. The number of aliphatic hydroxyl groups is 1. The topological polar surface area (TPSA) is 211 Å². The summed E-state index contributed by atoms with van der Waals surface area (Å²) in [5.41, 5.74) is 4.02. The van der Waals surface area contributed by atoms with Crippen LogP contribution in [0.4, 0.5) is 5.82 Å². The molecular formula is C20H33N3O12P2. The van der Waals surface area contributed by atoms with Gasteiger partial charge in [-0.05, 0) is 18.9 Å². The first-order chi connectivity index (χ1) is 17.3.